The molecule has 1 aromatic carbocycles. The number of rotatable bonds is 4. The van der Waals surface area contributed by atoms with Gasteiger partial charge in [0, 0.05) is 16.0 Å². The SMILES string of the molecule is Clc1ccc(-c2csc(NCc3ccco3)n2)cc1. The van der Waals surface area contributed by atoms with Crippen LogP contribution in [0.3, 0.4) is 0 Å². The van der Waals surface area contributed by atoms with Crippen LogP contribution >= 0.6 is 22.9 Å². The lowest BCUT2D eigenvalue weighted by Gasteiger charge is -1.99. The van der Waals surface area contributed by atoms with Crippen LogP contribution in [0.2, 0.25) is 5.02 Å². The lowest BCUT2D eigenvalue weighted by Crippen LogP contribution is -1.97. The van der Waals surface area contributed by atoms with Crippen molar-refractivity contribution in [2.45, 2.75) is 6.54 Å². The zero-order valence-corrected chi connectivity index (χ0v) is 11.5. The molecule has 1 N–H and O–H groups in total. The number of benzene rings is 1. The Morgan fingerprint density at radius 2 is 2.05 bits per heavy atom. The van der Waals surface area contributed by atoms with Crippen molar-refractivity contribution < 1.29 is 4.42 Å². The predicted molar refractivity (Wildman–Crippen MR) is 78.6 cm³/mol. The van der Waals surface area contributed by atoms with Gasteiger partial charge in [-0.15, -0.1) is 11.3 Å². The summed E-state index contributed by atoms with van der Waals surface area (Å²) in [6, 6.07) is 11.5. The third-order valence-corrected chi connectivity index (χ3v) is 3.69. The van der Waals surface area contributed by atoms with E-state index in [0.717, 1.165) is 27.2 Å². The molecule has 0 saturated heterocycles. The second kappa shape index (κ2) is 5.47. The Hall–Kier alpha value is -1.78. The zero-order chi connectivity index (χ0) is 13.1. The van der Waals surface area contributed by atoms with Crippen LogP contribution in [0.15, 0.2) is 52.5 Å². The van der Waals surface area contributed by atoms with Crippen LogP contribution in [0.25, 0.3) is 11.3 Å². The van der Waals surface area contributed by atoms with Gasteiger partial charge in [0.05, 0.1) is 18.5 Å². The molecular weight excluding hydrogens is 280 g/mol. The molecule has 0 unspecified atom stereocenters. The molecule has 3 nitrogen and oxygen atoms in total. The number of nitrogens with zero attached hydrogens (tertiary/aromatic N) is 1. The van der Waals surface area contributed by atoms with Gasteiger partial charge in [-0.1, -0.05) is 23.7 Å². The summed E-state index contributed by atoms with van der Waals surface area (Å²) in [6.07, 6.45) is 1.66. The monoisotopic (exact) mass is 290 g/mol. The number of thiazole rings is 1. The minimum Gasteiger partial charge on any atom is -0.467 e. The number of halogens is 1. The predicted octanol–water partition coefficient (Wildman–Crippen LogP) is 4.67. The summed E-state index contributed by atoms with van der Waals surface area (Å²) in [4.78, 5) is 4.53. The van der Waals surface area contributed by atoms with Crippen molar-refractivity contribution in [3.8, 4) is 11.3 Å². The molecular formula is C14H11ClN2OS. The van der Waals surface area contributed by atoms with Gasteiger partial charge < -0.3 is 9.73 Å². The van der Waals surface area contributed by atoms with Crippen LogP contribution in [0, 0.1) is 0 Å². The summed E-state index contributed by atoms with van der Waals surface area (Å²) in [6.45, 7) is 0.639. The molecule has 0 atom stereocenters. The van der Waals surface area contributed by atoms with Gasteiger partial charge in [-0.3, -0.25) is 0 Å². The lowest BCUT2D eigenvalue weighted by atomic mass is 10.2. The van der Waals surface area contributed by atoms with E-state index >= 15 is 0 Å². The lowest BCUT2D eigenvalue weighted by molar-refractivity contribution is 0.518. The van der Waals surface area contributed by atoms with E-state index in [2.05, 4.69) is 10.3 Å². The van der Waals surface area contributed by atoms with Crippen molar-refractivity contribution in [3.63, 3.8) is 0 Å². The average Bonchev–Trinajstić information content (AvgIpc) is 3.09. The fraction of sp³-hybridized carbons (Fsp3) is 0.0714. The Balaban J connectivity index is 1.70. The maximum Gasteiger partial charge on any atom is 0.183 e. The Morgan fingerprint density at radius 3 is 2.79 bits per heavy atom. The van der Waals surface area contributed by atoms with Gasteiger partial charge in [0.15, 0.2) is 5.13 Å². The first-order valence-electron chi connectivity index (χ1n) is 5.79. The first kappa shape index (κ1) is 12.3. The van der Waals surface area contributed by atoms with Gasteiger partial charge in [0.2, 0.25) is 0 Å². The molecule has 19 heavy (non-hydrogen) atoms. The van der Waals surface area contributed by atoms with Crippen molar-refractivity contribution >= 4 is 28.1 Å². The van der Waals surface area contributed by atoms with Gasteiger partial charge in [0.25, 0.3) is 0 Å². The Labute approximate surface area is 119 Å². The molecule has 0 fully saturated rings. The highest BCUT2D eigenvalue weighted by Gasteiger charge is 2.05. The molecule has 3 aromatic rings. The van der Waals surface area contributed by atoms with Gasteiger partial charge in [-0.2, -0.15) is 0 Å². The quantitative estimate of drug-likeness (QED) is 0.759. The van der Waals surface area contributed by atoms with Crippen LogP contribution in [0.5, 0.6) is 0 Å². The minimum atomic E-state index is 0.639. The number of nitrogens with one attached hydrogen (secondary N) is 1. The first-order valence-corrected chi connectivity index (χ1v) is 7.05. The fourth-order valence-electron chi connectivity index (χ4n) is 1.68. The topological polar surface area (TPSA) is 38.1 Å². The largest absolute Gasteiger partial charge is 0.467 e. The molecule has 0 bridgehead atoms. The molecule has 0 aliphatic carbocycles. The van der Waals surface area contributed by atoms with Gasteiger partial charge >= 0.3 is 0 Å². The fourth-order valence-corrected chi connectivity index (χ4v) is 2.53. The molecule has 96 valence electrons. The number of hydrogen-bond acceptors (Lipinski definition) is 4. The third-order valence-electron chi connectivity index (χ3n) is 2.64. The first-order chi connectivity index (χ1) is 9.31. The summed E-state index contributed by atoms with van der Waals surface area (Å²) in [5.41, 5.74) is 2.01. The maximum atomic E-state index is 5.87. The molecule has 0 aliphatic rings. The summed E-state index contributed by atoms with van der Waals surface area (Å²) >= 11 is 7.44. The maximum absolute atomic E-state index is 5.87. The van der Waals surface area contributed by atoms with E-state index in [0.29, 0.717) is 6.54 Å². The highest BCUT2D eigenvalue weighted by molar-refractivity contribution is 7.14. The Kier molecular flexibility index (Phi) is 3.53. The molecule has 0 aliphatic heterocycles. The van der Waals surface area contributed by atoms with Crippen molar-refractivity contribution in [1.82, 2.24) is 4.98 Å². The van der Waals surface area contributed by atoms with Gasteiger partial charge in [0.1, 0.15) is 5.76 Å². The van der Waals surface area contributed by atoms with Crippen LogP contribution in [0.4, 0.5) is 5.13 Å². The van der Waals surface area contributed by atoms with E-state index in [1.165, 1.54) is 0 Å². The van der Waals surface area contributed by atoms with E-state index in [1.807, 2.05) is 41.8 Å². The van der Waals surface area contributed by atoms with Crippen molar-refractivity contribution in [1.29, 1.82) is 0 Å². The molecule has 0 radical (unpaired) electrons. The van der Waals surface area contributed by atoms with Crippen LogP contribution in [-0.2, 0) is 6.54 Å². The second-order valence-corrected chi connectivity index (χ2v) is 5.27. The minimum absolute atomic E-state index is 0.639. The average molecular weight is 291 g/mol. The molecule has 0 spiro atoms. The number of furan rings is 1. The highest BCUT2D eigenvalue weighted by Crippen LogP contribution is 2.26. The summed E-state index contributed by atoms with van der Waals surface area (Å²) < 4.78 is 5.26. The normalized spacial score (nSPS) is 10.6. The molecule has 0 saturated carbocycles. The van der Waals surface area contributed by atoms with Crippen molar-refractivity contribution in [2.75, 3.05) is 5.32 Å². The summed E-state index contributed by atoms with van der Waals surface area (Å²) in [5.74, 6) is 0.892. The zero-order valence-electron chi connectivity index (χ0n) is 9.97. The Morgan fingerprint density at radius 1 is 1.21 bits per heavy atom. The summed E-state index contributed by atoms with van der Waals surface area (Å²) in [5, 5.41) is 6.87. The van der Waals surface area contributed by atoms with Crippen LogP contribution in [-0.4, -0.2) is 4.98 Å². The van der Waals surface area contributed by atoms with E-state index in [-0.39, 0.29) is 0 Å². The van der Waals surface area contributed by atoms with E-state index in [1.54, 1.807) is 17.6 Å². The molecule has 0 amide bonds. The van der Waals surface area contributed by atoms with E-state index < -0.39 is 0 Å². The van der Waals surface area contributed by atoms with E-state index in [9.17, 15) is 0 Å². The van der Waals surface area contributed by atoms with Crippen molar-refractivity contribution in [3.05, 3.63) is 58.8 Å². The standard InChI is InChI=1S/C14H11ClN2OS/c15-11-5-3-10(4-6-11)13-9-19-14(17-13)16-8-12-2-1-7-18-12/h1-7,9H,8H2,(H,16,17). The smallest absolute Gasteiger partial charge is 0.183 e. The molecule has 3 rings (SSSR count). The molecule has 2 heterocycles. The second-order valence-electron chi connectivity index (χ2n) is 3.98. The van der Waals surface area contributed by atoms with Crippen LogP contribution in [0.1, 0.15) is 5.76 Å². The number of anilines is 1. The molecule has 2 aromatic heterocycles. The van der Waals surface area contributed by atoms with Crippen molar-refractivity contribution in [2.24, 2.45) is 0 Å². The number of hydrogen-bond donors (Lipinski definition) is 1. The third kappa shape index (κ3) is 2.97. The Bertz CT molecular complexity index is 646. The molecule has 5 heteroatoms. The summed E-state index contributed by atoms with van der Waals surface area (Å²) in [7, 11) is 0. The van der Waals surface area contributed by atoms with E-state index in [4.69, 9.17) is 16.0 Å². The number of aromatic nitrogens is 1. The van der Waals surface area contributed by atoms with Gasteiger partial charge in [-0.05, 0) is 24.3 Å². The van der Waals surface area contributed by atoms with Crippen LogP contribution < -0.4 is 5.32 Å². The van der Waals surface area contributed by atoms with Gasteiger partial charge in [-0.25, -0.2) is 4.98 Å². The highest BCUT2D eigenvalue weighted by atomic mass is 35.5.